The topological polar surface area (TPSA) is 56.8 Å². The van der Waals surface area contributed by atoms with E-state index in [2.05, 4.69) is 11.4 Å². The molecule has 0 aromatic heterocycles. The van der Waals surface area contributed by atoms with Crippen molar-refractivity contribution < 1.29 is 19.0 Å². The molecular formula is C22H27NO4. The van der Waals surface area contributed by atoms with Gasteiger partial charge in [0.1, 0.15) is 23.9 Å². The summed E-state index contributed by atoms with van der Waals surface area (Å²) in [6.07, 6.45) is 3.97. The van der Waals surface area contributed by atoms with E-state index >= 15 is 0 Å². The van der Waals surface area contributed by atoms with Gasteiger partial charge in [-0.15, -0.1) is 0 Å². The number of methoxy groups -OCH3 is 1. The van der Waals surface area contributed by atoms with Crippen LogP contribution in [0, 0.1) is 0 Å². The highest BCUT2D eigenvalue weighted by Crippen LogP contribution is 2.30. The standard InChI is InChI=1S/C22H27NO4/c1-16(27-21-12-5-8-17-7-3-4-11-20(17)21)22(24)23-13-14-26-19-10-6-9-18(15-19)25-2/h5-6,8-10,12,15-16H,3-4,7,11,13-14H2,1-2H3,(H,23,24). The number of ether oxygens (including phenoxy) is 3. The Morgan fingerprint density at radius 1 is 1.11 bits per heavy atom. The summed E-state index contributed by atoms with van der Waals surface area (Å²) in [5.74, 6) is 2.15. The van der Waals surface area contributed by atoms with Gasteiger partial charge < -0.3 is 19.5 Å². The Labute approximate surface area is 160 Å². The zero-order valence-electron chi connectivity index (χ0n) is 16.0. The van der Waals surface area contributed by atoms with Gasteiger partial charge in [-0.05, 0) is 61.9 Å². The Kier molecular flexibility index (Phi) is 6.58. The number of benzene rings is 2. The van der Waals surface area contributed by atoms with Crippen LogP contribution < -0.4 is 19.5 Å². The molecule has 1 aliphatic rings. The Morgan fingerprint density at radius 3 is 2.74 bits per heavy atom. The number of carbonyl (C=O) groups is 1. The molecule has 0 spiro atoms. The minimum absolute atomic E-state index is 0.141. The van der Waals surface area contributed by atoms with E-state index in [0.717, 1.165) is 24.3 Å². The summed E-state index contributed by atoms with van der Waals surface area (Å²) < 4.78 is 16.7. The molecule has 1 aliphatic carbocycles. The van der Waals surface area contributed by atoms with Crippen LogP contribution in [-0.4, -0.2) is 32.3 Å². The monoisotopic (exact) mass is 369 g/mol. The number of hydrogen-bond acceptors (Lipinski definition) is 4. The van der Waals surface area contributed by atoms with Crippen LogP contribution in [0.3, 0.4) is 0 Å². The highest BCUT2D eigenvalue weighted by atomic mass is 16.5. The molecule has 0 saturated carbocycles. The lowest BCUT2D eigenvalue weighted by molar-refractivity contribution is -0.127. The molecule has 2 aromatic rings. The number of fused-ring (bicyclic) bond motifs is 1. The number of amides is 1. The van der Waals surface area contributed by atoms with Crippen LogP contribution in [0.25, 0.3) is 0 Å². The molecule has 1 atom stereocenters. The van der Waals surface area contributed by atoms with E-state index in [4.69, 9.17) is 14.2 Å². The fourth-order valence-corrected chi connectivity index (χ4v) is 3.28. The van der Waals surface area contributed by atoms with E-state index in [1.807, 2.05) is 36.4 Å². The highest BCUT2D eigenvalue weighted by molar-refractivity contribution is 5.80. The van der Waals surface area contributed by atoms with Gasteiger partial charge in [-0.3, -0.25) is 4.79 Å². The Bertz CT molecular complexity index is 775. The van der Waals surface area contributed by atoms with Crippen molar-refractivity contribution in [3.63, 3.8) is 0 Å². The van der Waals surface area contributed by atoms with E-state index in [-0.39, 0.29) is 5.91 Å². The summed E-state index contributed by atoms with van der Waals surface area (Å²) in [6.45, 7) is 2.57. The van der Waals surface area contributed by atoms with Crippen molar-refractivity contribution >= 4 is 5.91 Å². The van der Waals surface area contributed by atoms with E-state index < -0.39 is 6.10 Å². The minimum Gasteiger partial charge on any atom is -0.497 e. The molecule has 0 radical (unpaired) electrons. The smallest absolute Gasteiger partial charge is 0.260 e. The molecule has 0 aliphatic heterocycles. The van der Waals surface area contributed by atoms with Gasteiger partial charge in [0.05, 0.1) is 13.7 Å². The van der Waals surface area contributed by atoms with Crippen molar-refractivity contribution in [3.05, 3.63) is 53.6 Å². The van der Waals surface area contributed by atoms with Crippen LogP contribution in [0.5, 0.6) is 17.2 Å². The molecule has 0 saturated heterocycles. The third-order valence-electron chi connectivity index (χ3n) is 4.74. The van der Waals surface area contributed by atoms with Gasteiger partial charge in [0, 0.05) is 6.07 Å². The number of hydrogen-bond donors (Lipinski definition) is 1. The Morgan fingerprint density at radius 2 is 1.89 bits per heavy atom. The quantitative estimate of drug-likeness (QED) is 0.723. The van der Waals surface area contributed by atoms with E-state index in [1.165, 1.54) is 24.0 Å². The summed E-state index contributed by atoms with van der Waals surface area (Å²) in [7, 11) is 1.62. The second kappa shape index (κ2) is 9.31. The first-order chi connectivity index (χ1) is 13.2. The van der Waals surface area contributed by atoms with Crippen LogP contribution in [-0.2, 0) is 17.6 Å². The van der Waals surface area contributed by atoms with Crippen molar-refractivity contribution in [2.75, 3.05) is 20.3 Å². The number of aryl methyl sites for hydroxylation is 1. The summed E-state index contributed by atoms with van der Waals surface area (Å²) in [6, 6.07) is 13.5. The first-order valence-corrected chi connectivity index (χ1v) is 9.49. The van der Waals surface area contributed by atoms with Gasteiger partial charge in [0.15, 0.2) is 6.10 Å². The summed E-state index contributed by atoms with van der Waals surface area (Å²) in [5.41, 5.74) is 2.60. The molecule has 5 heteroatoms. The molecule has 0 bridgehead atoms. The van der Waals surface area contributed by atoms with Crippen molar-refractivity contribution in [3.8, 4) is 17.2 Å². The van der Waals surface area contributed by atoms with Gasteiger partial charge in [0.25, 0.3) is 5.91 Å². The largest absolute Gasteiger partial charge is 0.497 e. The second-order valence-electron chi connectivity index (χ2n) is 6.68. The molecule has 144 valence electrons. The molecule has 0 heterocycles. The highest BCUT2D eigenvalue weighted by Gasteiger charge is 2.19. The molecule has 27 heavy (non-hydrogen) atoms. The van der Waals surface area contributed by atoms with Crippen molar-refractivity contribution in [1.82, 2.24) is 5.32 Å². The average molecular weight is 369 g/mol. The summed E-state index contributed by atoms with van der Waals surface area (Å²) in [4.78, 5) is 12.3. The van der Waals surface area contributed by atoms with Crippen LogP contribution >= 0.6 is 0 Å². The lowest BCUT2D eigenvalue weighted by Gasteiger charge is -2.22. The molecule has 0 fully saturated rings. The maximum absolute atomic E-state index is 12.3. The van der Waals surface area contributed by atoms with Crippen LogP contribution in [0.4, 0.5) is 0 Å². The van der Waals surface area contributed by atoms with E-state index in [9.17, 15) is 4.79 Å². The van der Waals surface area contributed by atoms with Gasteiger partial charge in [-0.25, -0.2) is 0 Å². The maximum atomic E-state index is 12.3. The first-order valence-electron chi connectivity index (χ1n) is 9.49. The molecule has 5 nitrogen and oxygen atoms in total. The zero-order valence-corrected chi connectivity index (χ0v) is 16.0. The third-order valence-corrected chi connectivity index (χ3v) is 4.74. The fraction of sp³-hybridized carbons (Fsp3) is 0.409. The Hall–Kier alpha value is -2.69. The number of rotatable bonds is 8. The molecule has 2 aromatic carbocycles. The molecular weight excluding hydrogens is 342 g/mol. The van der Waals surface area contributed by atoms with Gasteiger partial charge in [-0.2, -0.15) is 0 Å². The summed E-state index contributed by atoms with van der Waals surface area (Å²) >= 11 is 0. The van der Waals surface area contributed by atoms with Crippen molar-refractivity contribution in [1.29, 1.82) is 0 Å². The molecule has 3 rings (SSSR count). The predicted molar refractivity (Wildman–Crippen MR) is 105 cm³/mol. The summed E-state index contributed by atoms with van der Waals surface area (Å²) in [5, 5.41) is 2.86. The van der Waals surface area contributed by atoms with Gasteiger partial charge >= 0.3 is 0 Å². The van der Waals surface area contributed by atoms with Crippen LogP contribution in [0.1, 0.15) is 30.9 Å². The molecule has 1 N–H and O–H groups in total. The first kappa shape index (κ1) is 19.1. The SMILES string of the molecule is COc1cccc(OCCNC(=O)C(C)Oc2cccc3c2CCCC3)c1. The van der Waals surface area contributed by atoms with E-state index in [1.54, 1.807) is 14.0 Å². The number of nitrogens with one attached hydrogen (secondary N) is 1. The van der Waals surface area contributed by atoms with Crippen LogP contribution in [0.2, 0.25) is 0 Å². The molecule has 1 amide bonds. The zero-order chi connectivity index (χ0) is 19.1. The maximum Gasteiger partial charge on any atom is 0.260 e. The lowest BCUT2D eigenvalue weighted by Crippen LogP contribution is -2.38. The van der Waals surface area contributed by atoms with E-state index in [0.29, 0.717) is 18.9 Å². The fourth-order valence-electron chi connectivity index (χ4n) is 3.28. The predicted octanol–water partition coefficient (Wildman–Crippen LogP) is 3.54. The van der Waals surface area contributed by atoms with Gasteiger partial charge in [0.2, 0.25) is 0 Å². The second-order valence-corrected chi connectivity index (χ2v) is 6.68. The van der Waals surface area contributed by atoms with Gasteiger partial charge in [-0.1, -0.05) is 18.2 Å². The van der Waals surface area contributed by atoms with Crippen molar-refractivity contribution in [2.24, 2.45) is 0 Å². The van der Waals surface area contributed by atoms with Crippen molar-refractivity contribution in [2.45, 2.75) is 38.7 Å². The molecule has 1 unspecified atom stereocenters. The normalized spacial score (nSPS) is 14.0. The minimum atomic E-state index is -0.546. The van der Waals surface area contributed by atoms with Crippen LogP contribution in [0.15, 0.2) is 42.5 Å². The Balaban J connectivity index is 1.45. The average Bonchev–Trinajstić information content (AvgIpc) is 2.71. The third kappa shape index (κ3) is 5.16. The lowest BCUT2D eigenvalue weighted by atomic mass is 9.91. The number of carbonyl (C=O) groups excluding carboxylic acids is 1.